The van der Waals surface area contributed by atoms with Crippen LogP contribution in [0.1, 0.15) is 32.8 Å². The Morgan fingerprint density at radius 2 is 1.90 bits per heavy atom. The maximum atomic E-state index is 13.3. The van der Waals surface area contributed by atoms with Gasteiger partial charge in [-0.15, -0.1) is 0 Å². The van der Waals surface area contributed by atoms with E-state index in [1.807, 2.05) is 0 Å². The first-order valence-electron chi connectivity index (χ1n) is 7.92. The van der Waals surface area contributed by atoms with E-state index in [2.05, 4.69) is 31.0 Å². The molecule has 1 saturated heterocycles. The van der Waals surface area contributed by atoms with Crippen LogP contribution in [0.2, 0.25) is 0 Å². The molecule has 1 aromatic rings. The van der Waals surface area contributed by atoms with E-state index in [4.69, 9.17) is 0 Å². The molecule has 0 aromatic heterocycles. The van der Waals surface area contributed by atoms with E-state index in [1.165, 1.54) is 12.1 Å². The van der Waals surface area contributed by atoms with Crippen molar-refractivity contribution in [1.29, 1.82) is 0 Å². The van der Waals surface area contributed by atoms with Crippen LogP contribution < -0.4 is 5.32 Å². The first-order chi connectivity index (χ1) is 9.99. The molecule has 4 heteroatoms. The Labute approximate surface area is 126 Å². The molecular formula is C17H26F2N2. The third kappa shape index (κ3) is 4.48. The quantitative estimate of drug-likeness (QED) is 0.897. The van der Waals surface area contributed by atoms with Gasteiger partial charge >= 0.3 is 0 Å². The van der Waals surface area contributed by atoms with Crippen molar-refractivity contribution in [3.63, 3.8) is 0 Å². The van der Waals surface area contributed by atoms with Gasteiger partial charge in [-0.3, -0.25) is 4.90 Å². The smallest absolute Gasteiger partial charge is 0.126 e. The van der Waals surface area contributed by atoms with E-state index in [1.54, 1.807) is 0 Å². The van der Waals surface area contributed by atoms with Crippen LogP contribution in [0.25, 0.3) is 0 Å². The molecule has 2 atom stereocenters. The molecule has 0 aliphatic carbocycles. The summed E-state index contributed by atoms with van der Waals surface area (Å²) in [7, 11) is 0. The maximum Gasteiger partial charge on any atom is 0.126 e. The van der Waals surface area contributed by atoms with Crippen LogP contribution in [0.5, 0.6) is 0 Å². The summed E-state index contributed by atoms with van der Waals surface area (Å²) in [5.74, 6) is -0.408. The Bertz CT molecular complexity index is 442. The second-order valence-electron chi connectivity index (χ2n) is 6.35. The SMILES string of the molecule is CCC1CN(CCc2cc(F)cc(F)c2)C(C(C)C)CN1. The van der Waals surface area contributed by atoms with Crippen LogP contribution in [0.3, 0.4) is 0 Å². The molecule has 1 heterocycles. The van der Waals surface area contributed by atoms with Gasteiger partial charge in [0.2, 0.25) is 0 Å². The largest absolute Gasteiger partial charge is 0.311 e. The summed E-state index contributed by atoms with van der Waals surface area (Å²) in [6.45, 7) is 9.50. The van der Waals surface area contributed by atoms with Gasteiger partial charge in [-0.1, -0.05) is 20.8 Å². The molecule has 2 rings (SSSR count). The third-order valence-electron chi connectivity index (χ3n) is 4.41. The number of nitrogens with zero attached hydrogens (tertiary/aromatic N) is 1. The normalized spacial score (nSPS) is 23.7. The Kier molecular flexibility index (Phi) is 5.71. The van der Waals surface area contributed by atoms with Crippen LogP contribution in [-0.4, -0.2) is 36.6 Å². The molecule has 0 amide bonds. The molecule has 2 nitrogen and oxygen atoms in total. The van der Waals surface area contributed by atoms with Crippen LogP contribution in [0.4, 0.5) is 8.78 Å². The Balaban J connectivity index is 2.00. The average molecular weight is 296 g/mol. The van der Waals surface area contributed by atoms with Gasteiger partial charge in [-0.25, -0.2) is 8.78 Å². The fourth-order valence-corrected chi connectivity index (χ4v) is 3.12. The van der Waals surface area contributed by atoms with Crippen LogP contribution in [0, 0.1) is 17.6 Å². The highest BCUT2D eigenvalue weighted by molar-refractivity contribution is 5.18. The van der Waals surface area contributed by atoms with Crippen molar-refractivity contribution in [2.45, 2.75) is 45.7 Å². The van der Waals surface area contributed by atoms with E-state index in [0.717, 1.165) is 37.7 Å². The summed E-state index contributed by atoms with van der Waals surface area (Å²) in [6, 6.07) is 4.81. The van der Waals surface area contributed by atoms with E-state index >= 15 is 0 Å². The first kappa shape index (κ1) is 16.4. The van der Waals surface area contributed by atoms with Gasteiger partial charge in [0, 0.05) is 37.8 Å². The van der Waals surface area contributed by atoms with Crippen molar-refractivity contribution in [3.8, 4) is 0 Å². The number of hydrogen-bond donors (Lipinski definition) is 1. The second kappa shape index (κ2) is 7.32. The molecular weight excluding hydrogens is 270 g/mol. The standard InChI is InChI=1S/C17H26F2N2/c1-4-16-11-21(17(10-20-16)12(2)3)6-5-13-7-14(18)9-15(19)8-13/h7-9,12,16-17,20H,4-6,10-11H2,1-3H3. The lowest BCUT2D eigenvalue weighted by molar-refractivity contribution is 0.0984. The molecule has 21 heavy (non-hydrogen) atoms. The molecule has 0 bridgehead atoms. The number of nitrogens with one attached hydrogen (secondary N) is 1. The van der Waals surface area contributed by atoms with E-state index in [0.29, 0.717) is 24.4 Å². The monoisotopic (exact) mass is 296 g/mol. The lowest BCUT2D eigenvalue weighted by Crippen LogP contribution is -2.58. The molecule has 1 aliphatic rings. The molecule has 1 fully saturated rings. The Hall–Kier alpha value is -1.00. The highest BCUT2D eigenvalue weighted by atomic mass is 19.1. The van der Waals surface area contributed by atoms with Crippen LogP contribution in [0.15, 0.2) is 18.2 Å². The zero-order valence-corrected chi connectivity index (χ0v) is 13.2. The predicted molar refractivity (Wildman–Crippen MR) is 82.3 cm³/mol. The Morgan fingerprint density at radius 1 is 1.24 bits per heavy atom. The van der Waals surface area contributed by atoms with Gasteiger partial charge < -0.3 is 5.32 Å². The van der Waals surface area contributed by atoms with Crippen LogP contribution >= 0.6 is 0 Å². The maximum absolute atomic E-state index is 13.3. The minimum atomic E-state index is -0.489. The van der Waals surface area contributed by atoms with E-state index in [-0.39, 0.29) is 0 Å². The Morgan fingerprint density at radius 3 is 2.48 bits per heavy atom. The fourth-order valence-electron chi connectivity index (χ4n) is 3.12. The van der Waals surface area contributed by atoms with Crippen LogP contribution in [-0.2, 0) is 6.42 Å². The zero-order valence-electron chi connectivity index (χ0n) is 13.2. The highest BCUT2D eigenvalue weighted by Gasteiger charge is 2.28. The summed E-state index contributed by atoms with van der Waals surface area (Å²) < 4.78 is 26.5. The van der Waals surface area contributed by atoms with Gasteiger partial charge in [-0.2, -0.15) is 0 Å². The summed E-state index contributed by atoms with van der Waals surface area (Å²) >= 11 is 0. The number of rotatable bonds is 5. The number of piperazine rings is 1. The lowest BCUT2D eigenvalue weighted by Gasteiger charge is -2.42. The molecule has 118 valence electrons. The predicted octanol–water partition coefficient (Wildman–Crippen LogP) is 3.22. The molecule has 1 aromatic carbocycles. The number of benzene rings is 1. The molecule has 2 unspecified atom stereocenters. The van der Waals surface area contributed by atoms with Gasteiger partial charge in [-0.05, 0) is 36.5 Å². The summed E-state index contributed by atoms with van der Waals surface area (Å²) in [6.07, 6.45) is 1.80. The second-order valence-corrected chi connectivity index (χ2v) is 6.35. The minimum absolute atomic E-state index is 0.489. The van der Waals surface area contributed by atoms with Crippen molar-refractivity contribution in [2.24, 2.45) is 5.92 Å². The number of halogens is 2. The molecule has 0 saturated carbocycles. The van der Waals surface area contributed by atoms with Crippen molar-refractivity contribution < 1.29 is 8.78 Å². The molecule has 1 aliphatic heterocycles. The van der Waals surface area contributed by atoms with Gasteiger partial charge in [0.15, 0.2) is 0 Å². The minimum Gasteiger partial charge on any atom is -0.311 e. The van der Waals surface area contributed by atoms with E-state index in [9.17, 15) is 8.78 Å². The molecule has 0 spiro atoms. The van der Waals surface area contributed by atoms with Crippen molar-refractivity contribution in [2.75, 3.05) is 19.6 Å². The van der Waals surface area contributed by atoms with Crippen molar-refractivity contribution >= 4 is 0 Å². The highest BCUT2D eigenvalue weighted by Crippen LogP contribution is 2.17. The van der Waals surface area contributed by atoms with Gasteiger partial charge in [0.1, 0.15) is 11.6 Å². The zero-order chi connectivity index (χ0) is 15.4. The topological polar surface area (TPSA) is 15.3 Å². The molecule has 0 radical (unpaired) electrons. The molecule has 1 N–H and O–H groups in total. The lowest BCUT2D eigenvalue weighted by atomic mass is 9.97. The first-order valence-corrected chi connectivity index (χ1v) is 7.92. The van der Waals surface area contributed by atoms with Gasteiger partial charge in [0.25, 0.3) is 0 Å². The van der Waals surface area contributed by atoms with Crippen molar-refractivity contribution in [3.05, 3.63) is 35.4 Å². The summed E-state index contributed by atoms with van der Waals surface area (Å²) in [4.78, 5) is 2.47. The fraction of sp³-hybridized carbons (Fsp3) is 0.647. The summed E-state index contributed by atoms with van der Waals surface area (Å²) in [5, 5.41) is 3.58. The van der Waals surface area contributed by atoms with E-state index < -0.39 is 11.6 Å². The van der Waals surface area contributed by atoms with Gasteiger partial charge in [0.05, 0.1) is 0 Å². The summed E-state index contributed by atoms with van der Waals surface area (Å²) in [5.41, 5.74) is 0.738. The van der Waals surface area contributed by atoms with Crippen molar-refractivity contribution in [1.82, 2.24) is 10.2 Å². The third-order valence-corrected chi connectivity index (χ3v) is 4.41. The average Bonchev–Trinajstić information content (AvgIpc) is 2.43. The number of hydrogen-bond acceptors (Lipinski definition) is 2.